The number of fused-ring (bicyclic) bond motifs is 1. The molecular weight excluding hydrogens is 456 g/mol. The van der Waals surface area contributed by atoms with Crippen molar-refractivity contribution in [1.82, 2.24) is 14.8 Å². The molecule has 0 fully saturated rings. The molecule has 0 radical (unpaired) electrons. The molecule has 5 aromatic rings. The second kappa shape index (κ2) is 9.80. The minimum absolute atomic E-state index is 0.619. The van der Waals surface area contributed by atoms with Gasteiger partial charge in [0, 0.05) is 10.9 Å². The summed E-state index contributed by atoms with van der Waals surface area (Å²) in [5, 5.41) is 7.61. The Morgan fingerprint density at radius 1 is 0.914 bits per heavy atom. The molecule has 0 aliphatic carbocycles. The molecular formula is C28H27N4O2S+. The molecule has 0 atom stereocenters. The van der Waals surface area contributed by atoms with Crippen molar-refractivity contribution in [1.29, 1.82) is 0 Å². The van der Waals surface area contributed by atoms with Gasteiger partial charge in [0.05, 0.1) is 20.4 Å². The van der Waals surface area contributed by atoms with E-state index in [0.717, 1.165) is 38.7 Å². The van der Waals surface area contributed by atoms with Crippen LogP contribution < -0.4 is 14.0 Å². The molecule has 176 valence electrons. The van der Waals surface area contributed by atoms with Gasteiger partial charge < -0.3 is 9.47 Å². The molecule has 2 aromatic heterocycles. The van der Waals surface area contributed by atoms with Crippen LogP contribution in [0.3, 0.4) is 0 Å². The first kappa shape index (κ1) is 22.9. The molecule has 0 amide bonds. The van der Waals surface area contributed by atoms with Crippen LogP contribution in [0.2, 0.25) is 0 Å². The minimum atomic E-state index is 0.619. The zero-order valence-corrected chi connectivity index (χ0v) is 21.0. The predicted molar refractivity (Wildman–Crippen MR) is 140 cm³/mol. The summed E-state index contributed by atoms with van der Waals surface area (Å²) in [4.78, 5) is 4.90. The number of ether oxygens (including phenoxy) is 2. The van der Waals surface area contributed by atoms with Gasteiger partial charge in [0.25, 0.3) is 5.16 Å². The number of thioether (sulfide) groups is 1. The summed E-state index contributed by atoms with van der Waals surface area (Å²) in [6.07, 6.45) is 4.05. The zero-order valence-electron chi connectivity index (χ0n) is 20.2. The second-order valence-corrected chi connectivity index (χ2v) is 9.01. The number of methoxy groups -OCH3 is 2. The van der Waals surface area contributed by atoms with Crippen LogP contribution in [-0.2, 0) is 6.54 Å². The van der Waals surface area contributed by atoms with E-state index in [1.807, 2.05) is 41.3 Å². The second-order valence-electron chi connectivity index (χ2n) is 8.24. The fourth-order valence-electron chi connectivity index (χ4n) is 4.21. The topological polar surface area (TPSA) is 53.0 Å². The quantitative estimate of drug-likeness (QED) is 0.227. The first-order valence-corrected chi connectivity index (χ1v) is 12.5. The van der Waals surface area contributed by atoms with Crippen LogP contribution in [0.25, 0.3) is 28.0 Å². The highest BCUT2D eigenvalue weighted by Gasteiger charge is 2.26. The Hall–Kier alpha value is -3.84. The van der Waals surface area contributed by atoms with Crippen molar-refractivity contribution >= 4 is 22.5 Å². The van der Waals surface area contributed by atoms with Gasteiger partial charge in [0.15, 0.2) is 11.5 Å². The van der Waals surface area contributed by atoms with Gasteiger partial charge in [-0.25, -0.2) is 0 Å². The zero-order chi connectivity index (χ0) is 24.4. The Morgan fingerprint density at radius 3 is 2.31 bits per heavy atom. The highest BCUT2D eigenvalue weighted by atomic mass is 32.2. The maximum Gasteiger partial charge on any atom is 0.426 e. The molecule has 0 bridgehead atoms. The van der Waals surface area contributed by atoms with E-state index in [4.69, 9.17) is 19.6 Å². The lowest BCUT2D eigenvalue weighted by molar-refractivity contribution is -0.592. The van der Waals surface area contributed by atoms with Crippen molar-refractivity contribution in [2.24, 2.45) is 0 Å². The van der Waals surface area contributed by atoms with E-state index in [2.05, 4.69) is 60.2 Å². The lowest BCUT2D eigenvalue weighted by atomic mass is 10.0. The maximum absolute atomic E-state index is 5.65. The SMILES string of the molecule is COc1cc2cc[n+](-c3nc(SC)nn3Cc3ccccc3)c(-c3ccc(C)cc3)c2cc1OC. The van der Waals surface area contributed by atoms with Gasteiger partial charge in [-0.2, -0.15) is 4.57 Å². The molecule has 0 aliphatic heterocycles. The van der Waals surface area contributed by atoms with Crippen LogP contribution in [0.5, 0.6) is 11.5 Å². The average Bonchev–Trinajstić information content (AvgIpc) is 3.30. The average molecular weight is 484 g/mol. The summed E-state index contributed by atoms with van der Waals surface area (Å²) in [5.41, 5.74) is 4.46. The Balaban J connectivity index is 1.79. The molecule has 0 unspecified atom stereocenters. The summed E-state index contributed by atoms with van der Waals surface area (Å²) in [5.74, 6) is 2.14. The van der Waals surface area contributed by atoms with Gasteiger partial charge in [-0.3, -0.25) is 0 Å². The number of rotatable bonds is 7. The Labute approximate surface area is 209 Å². The van der Waals surface area contributed by atoms with Gasteiger partial charge >= 0.3 is 5.95 Å². The third-order valence-corrected chi connectivity index (χ3v) is 6.52. The van der Waals surface area contributed by atoms with E-state index in [1.165, 1.54) is 17.3 Å². The van der Waals surface area contributed by atoms with Gasteiger partial charge in [-0.1, -0.05) is 77.0 Å². The van der Waals surface area contributed by atoms with Gasteiger partial charge in [-0.15, -0.1) is 4.68 Å². The summed E-state index contributed by atoms with van der Waals surface area (Å²) in [6.45, 7) is 2.71. The molecule has 0 saturated heterocycles. The summed E-state index contributed by atoms with van der Waals surface area (Å²) in [7, 11) is 3.32. The lowest BCUT2D eigenvalue weighted by Crippen LogP contribution is -2.37. The number of pyridine rings is 1. The highest BCUT2D eigenvalue weighted by Crippen LogP contribution is 2.36. The van der Waals surface area contributed by atoms with E-state index >= 15 is 0 Å². The smallest absolute Gasteiger partial charge is 0.426 e. The fraction of sp³-hybridized carbons (Fsp3) is 0.179. The van der Waals surface area contributed by atoms with E-state index in [9.17, 15) is 0 Å². The molecule has 0 N–H and O–H groups in total. The molecule has 0 spiro atoms. The van der Waals surface area contributed by atoms with Gasteiger partial charge in [-0.05, 0) is 47.3 Å². The van der Waals surface area contributed by atoms with Crippen molar-refractivity contribution in [3.63, 3.8) is 0 Å². The Bertz CT molecular complexity index is 1480. The van der Waals surface area contributed by atoms with Crippen molar-refractivity contribution < 1.29 is 14.0 Å². The van der Waals surface area contributed by atoms with E-state index < -0.39 is 0 Å². The molecule has 0 aliphatic rings. The standard InChI is InChI=1S/C28H27N4O2S/c1-19-10-12-21(13-11-19)26-23-17-25(34-3)24(33-2)16-22(23)14-15-31(26)28-29-27(35-4)30-32(28)18-20-8-6-5-7-9-20/h5-17H,18H2,1-4H3/q+1. The van der Waals surface area contributed by atoms with E-state index in [0.29, 0.717) is 18.0 Å². The number of nitrogens with zero attached hydrogens (tertiary/aromatic N) is 4. The Morgan fingerprint density at radius 2 is 1.63 bits per heavy atom. The summed E-state index contributed by atoms with van der Waals surface area (Å²) in [6, 6.07) is 25.0. The largest absolute Gasteiger partial charge is 0.493 e. The normalized spacial score (nSPS) is 11.1. The lowest BCUT2D eigenvalue weighted by Gasteiger charge is -2.14. The molecule has 2 heterocycles. The number of aryl methyl sites for hydroxylation is 1. The molecule has 7 heteroatoms. The van der Waals surface area contributed by atoms with Crippen LogP contribution >= 0.6 is 11.8 Å². The predicted octanol–water partition coefficient (Wildman–Crippen LogP) is 5.47. The van der Waals surface area contributed by atoms with Crippen LogP contribution in [0.4, 0.5) is 0 Å². The van der Waals surface area contributed by atoms with Crippen molar-refractivity contribution in [2.75, 3.05) is 20.5 Å². The fourth-order valence-corrected chi connectivity index (χ4v) is 4.56. The van der Waals surface area contributed by atoms with Crippen LogP contribution in [0.1, 0.15) is 11.1 Å². The van der Waals surface area contributed by atoms with Gasteiger partial charge in [0.2, 0.25) is 0 Å². The van der Waals surface area contributed by atoms with E-state index in [1.54, 1.807) is 14.2 Å². The molecule has 0 saturated carbocycles. The highest BCUT2D eigenvalue weighted by molar-refractivity contribution is 7.98. The first-order chi connectivity index (χ1) is 17.1. The number of hydrogen-bond donors (Lipinski definition) is 0. The third kappa shape index (κ3) is 4.47. The third-order valence-electron chi connectivity index (χ3n) is 5.99. The molecule has 6 nitrogen and oxygen atoms in total. The van der Waals surface area contributed by atoms with Crippen molar-refractivity contribution in [3.8, 4) is 28.7 Å². The molecule has 3 aromatic carbocycles. The van der Waals surface area contributed by atoms with Gasteiger partial charge in [0.1, 0.15) is 12.2 Å². The maximum atomic E-state index is 5.65. The molecule has 35 heavy (non-hydrogen) atoms. The first-order valence-electron chi connectivity index (χ1n) is 11.3. The number of aromatic nitrogens is 4. The monoisotopic (exact) mass is 483 g/mol. The molecule has 5 rings (SSSR count). The van der Waals surface area contributed by atoms with Crippen molar-refractivity contribution in [3.05, 3.63) is 90.1 Å². The number of hydrogen-bond acceptors (Lipinski definition) is 5. The minimum Gasteiger partial charge on any atom is -0.493 e. The van der Waals surface area contributed by atoms with Crippen LogP contribution in [-0.4, -0.2) is 35.2 Å². The number of benzene rings is 3. The summed E-state index contributed by atoms with van der Waals surface area (Å²) >= 11 is 1.53. The van der Waals surface area contributed by atoms with Crippen molar-refractivity contribution in [2.45, 2.75) is 18.6 Å². The van der Waals surface area contributed by atoms with Crippen LogP contribution in [0.15, 0.2) is 84.1 Å². The summed E-state index contributed by atoms with van der Waals surface area (Å²) < 4.78 is 15.3. The van der Waals surface area contributed by atoms with Crippen LogP contribution in [0, 0.1) is 6.92 Å². The van der Waals surface area contributed by atoms with E-state index in [-0.39, 0.29) is 0 Å². The Kier molecular flexibility index (Phi) is 6.42.